The van der Waals surface area contributed by atoms with Crippen LogP contribution in [0.15, 0.2) is 72.8 Å². The number of aryl methyl sites for hydroxylation is 1. The van der Waals surface area contributed by atoms with Crippen molar-refractivity contribution in [3.63, 3.8) is 0 Å². The highest BCUT2D eigenvalue weighted by atomic mass is 16.6. The molecule has 1 heterocycles. The van der Waals surface area contributed by atoms with E-state index in [1.54, 1.807) is 0 Å². The van der Waals surface area contributed by atoms with E-state index in [9.17, 15) is 4.79 Å². The minimum Gasteiger partial charge on any atom is -0.428 e. The Morgan fingerprint density at radius 2 is 1.73 bits per heavy atom. The summed E-state index contributed by atoms with van der Waals surface area (Å²) in [5, 5.41) is 4.87. The number of alkyl carbamates (subject to hydrolysis) is 1. The van der Waals surface area contributed by atoms with E-state index in [0.29, 0.717) is 0 Å². The lowest BCUT2D eigenvalue weighted by atomic mass is 10.0. The predicted molar refractivity (Wildman–Crippen MR) is 122 cm³/mol. The van der Waals surface area contributed by atoms with E-state index < -0.39 is 6.09 Å². The van der Waals surface area contributed by atoms with Crippen molar-refractivity contribution >= 4 is 39.3 Å². The molecule has 5 heteroatoms. The van der Waals surface area contributed by atoms with E-state index in [1.165, 1.54) is 0 Å². The fraction of sp³-hybridized carbons (Fsp3) is 0.200. The molecular formula is C25H25N3O2. The molecule has 0 bridgehead atoms. The maximum atomic E-state index is 12.2. The first-order valence-corrected chi connectivity index (χ1v) is 10.1. The highest BCUT2D eigenvalue weighted by Crippen LogP contribution is 2.36. The van der Waals surface area contributed by atoms with Gasteiger partial charge in [0.25, 0.3) is 0 Å². The maximum Gasteiger partial charge on any atom is 0.409 e. The van der Waals surface area contributed by atoms with E-state index in [-0.39, 0.29) is 12.8 Å². The molecule has 4 aromatic rings. The number of nitrogens with one attached hydrogen (secondary N) is 1. The van der Waals surface area contributed by atoms with Crippen LogP contribution in [0.2, 0.25) is 0 Å². The Kier molecular flexibility index (Phi) is 5.53. The normalized spacial score (nSPS) is 11.1. The first kappa shape index (κ1) is 19.7. The molecule has 0 spiro atoms. The number of benzene rings is 3. The molecule has 1 N–H and O–H groups in total. The van der Waals surface area contributed by atoms with E-state index in [0.717, 1.165) is 38.7 Å². The number of fused-ring (bicyclic) bond motifs is 2. The van der Waals surface area contributed by atoms with Crippen LogP contribution >= 0.6 is 0 Å². The van der Waals surface area contributed by atoms with Gasteiger partial charge in [0.2, 0.25) is 0 Å². The van der Waals surface area contributed by atoms with Gasteiger partial charge in [-0.25, -0.2) is 9.78 Å². The Bertz CT molecular complexity index is 1190. The average Bonchev–Trinajstić information content (AvgIpc) is 2.74. The highest BCUT2D eigenvalue weighted by Gasteiger charge is 2.18. The summed E-state index contributed by atoms with van der Waals surface area (Å²) >= 11 is 0. The largest absolute Gasteiger partial charge is 0.428 e. The van der Waals surface area contributed by atoms with Crippen LogP contribution in [0.5, 0.6) is 0 Å². The second-order valence-electron chi connectivity index (χ2n) is 7.60. The van der Waals surface area contributed by atoms with Gasteiger partial charge < -0.3 is 15.0 Å². The lowest BCUT2D eigenvalue weighted by Crippen LogP contribution is -2.34. The number of nitrogens with zero attached hydrogens (tertiary/aromatic N) is 2. The summed E-state index contributed by atoms with van der Waals surface area (Å²) in [6.45, 7) is 5.97. The third-order valence-corrected chi connectivity index (χ3v) is 4.94. The number of hydrogen-bond acceptors (Lipinski definition) is 4. The SMILES string of the molecule is Cc1ccc2nc3ccccc3cc2c1N(COC(=O)NC(C)C)c1ccccc1. The summed E-state index contributed by atoms with van der Waals surface area (Å²) in [7, 11) is 0. The Labute approximate surface area is 176 Å². The maximum absolute atomic E-state index is 12.2. The molecule has 0 aliphatic heterocycles. The third kappa shape index (κ3) is 4.06. The predicted octanol–water partition coefficient (Wildman–Crippen LogP) is 5.93. The van der Waals surface area contributed by atoms with Crippen molar-refractivity contribution in [1.29, 1.82) is 0 Å². The smallest absolute Gasteiger partial charge is 0.409 e. The molecule has 1 amide bonds. The molecule has 0 unspecified atom stereocenters. The third-order valence-electron chi connectivity index (χ3n) is 4.94. The van der Waals surface area contributed by atoms with Crippen molar-refractivity contribution in [3.05, 3.63) is 78.4 Å². The molecule has 0 saturated carbocycles. The Morgan fingerprint density at radius 1 is 1.00 bits per heavy atom. The van der Waals surface area contributed by atoms with Gasteiger partial charge in [0, 0.05) is 22.5 Å². The number of carbonyl (C=O) groups is 1. The van der Waals surface area contributed by atoms with Crippen LogP contribution in [-0.2, 0) is 4.74 Å². The number of ether oxygens (including phenoxy) is 1. The minimum atomic E-state index is -0.438. The van der Waals surface area contributed by atoms with Crippen LogP contribution in [0.4, 0.5) is 16.2 Å². The molecule has 0 atom stereocenters. The van der Waals surface area contributed by atoms with E-state index >= 15 is 0 Å². The van der Waals surface area contributed by atoms with Gasteiger partial charge in [-0.05, 0) is 56.7 Å². The number of carbonyl (C=O) groups excluding carboxylic acids is 1. The number of para-hydroxylation sites is 2. The van der Waals surface area contributed by atoms with Crippen molar-refractivity contribution in [2.24, 2.45) is 0 Å². The molecule has 5 nitrogen and oxygen atoms in total. The molecule has 0 fully saturated rings. The average molecular weight is 399 g/mol. The fourth-order valence-electron chi connectivity index (χ4n) is 3.58. The van der Waals surface area contributed by atoms with E-state index in [4.69, 9.17) is 9.72 Å². The summed E-state index contributed by atoms with van der Waals surface area (Å²) < 4.78 is 5.57. The molecule has 3 aromatic carbocycles. The first-order valence-electron chi connectivity index (χ1n) is 10.1. The van der Waals surface area contributed by atoms with E-state index in [1.807, 2.05) is 73.3 Å². The van der Waals surface area contributed by atoms with Crippen LogP contribution in [-0.4, -0.2) is 23.8 Å². The van der Waals surface area contributed by atoms with Gasteiger partial charge in [0.05, 0.1) is 16.7 Å². The number of amides is 1. The second kappa shape index (κ2) is 8.41. The van der Waals surface area contributed by atoms with Crippen LogP contribution in [0, 0.1) is 6.92 Å². The zero-order valence-electron chi connectivity index (χ0n) is 17.4. The Hall–Kier alpha value is -3.60. The molecule has 4 rings (SSSR count). The minimum absolute atomic E-state index is 0.0116. The highest BCUT2D eigenvalue weighted by molar-refractivity contribution is 6.02. The quantitative estimate of drug-likeness (QED) is 0.334. The van der Waals surface area contributed by atoms with Gasteiger partial charge in [0.1, 0.15) is 0 Å². The summed E-state index contributed by atoms with van der Waals surface area (Å²) in [6, 6.07) is 24.3. The standard InChI is InChI=1S/C25H25N3O2/c1-17(2)26-25(29)30-16-28(20-10-5-4-6-11-20)24-18(3)13-14-23-21(24)15-19-9-7-8-12-22(19)27-23/h4-15,17H,16H2,1-3H3,(H,26,29). The summed E-state index contributed by atoms with van der Waals surface area (Å²) in [5.41, 5.74) is 4.87. The van der Waals surface area contributed by atoms with Crippen LogP contribution in [0.3, 0.4) is 0 Å². The van der Waals surface area contributed by atoms with Crippen LogP contribution in [0.1, 0.15) is 19.4 Å². The van der Waals surface area contributed by atoms with Crippen molar-refractivity contribution in [2.75, 3.05) is 11.6 Å². The summed E-state index contributed by atoms with van der Waals surface area (Å²) in [5.74, 6) is 0. The van der Waals surface area contributed by atoms with Crippen molar-refractivity contribution < 1.29 is 9.53 Å². The second-order valence-corrected chi connectivity index (χ2v) is 7.60. The number of pyridine rings is 1. The Balaban J connectivity index is 1.84. The monoisotopic (exact) mass is 399 g/mol. The molecule has 0 aliphatic carbocycles. The topological polar surface area (TPSA) is 54.5 Å². The lowest BCUT2D eigenvalue weighted by molar-refractivity contribution is 0.146. The number of anilines is 2. The molecule has 30 heavy (non-hydrogen) atoms. The number of aromatic nitrogens is 1. The van der Waals surface area contributed by atoms with Gasteiger partial charge in [0.15, 0.2) is 6.73 Å². The van der Waals surface area contributed by atoms with Gasteiger partial charge >= 0.3 is 6.09 Å². The first-order chi connectivity index (χ1) is 14.5. The molecule has 0 radical (unpaired) electrons. The number of rotatable bonds is 5. The zero-order valence-corrected chi connectivity index (χ0v) is 17.4. The molecule has 1 aromatic heterocycles. The van der Waals surface area contributed by atoms with Crippen LogP contribution in [0.25, 0.3) is 21.8 Å². The molecule has 152 valence electrons. The van der Waals surface area contributed by atoms with Crippen molar-refractivity contribution in [2.45, 2.75) is 26.8 Å². The van der Waals surface area contributed by atoms with Crippen molar-refractivity contribution in [3.8, 4) is 0 Å². The molecule has 0 aliphatic rings. The van der Waals surface area contributed by atoms with Gasteiger partial charge in [-0.15, -0.1) is 0 Å². The van der Waals surface area contributed by atoms with Gasteiger partial charge in [-0.1, -0.05) is 42.5 Å². The molecular weight excluding hydrogens is 374 g/mol. The molecule has 0 saturated heterocycles. The summed E-state index contributed by atoms with van der Waals surface area (Å²) in [6.07, 6.45) is -0.438. The summed E-state index contributed by atoms with van der Waals surface area (Å²) in [4.78, 5) is 19.0. The van der Waals surface area contributed by atoms with Gasteiger partial charge in [-0.2, -0.15) is 0 Å². The lowest BCUT2D eigenvalue weighted by Gasteiger charge is -2.27. The van der Waals surface area contributed by atoms with Crippen LogP contribution < -0.4 is 10.2 Å². The Morgan fingerprint density at radius 3 is 2.50 bits per heavy atom. The fourth-order valence-corrected chi connectivity index (χ4v) is 3.58. The number of hydrogen-bond donors (Lipinski definition) is 1. The zero-order chi connectivity index (χ0) is 21.1. The van der Waals surface area contributed by atoms with Crippen molar-refractivity contribution in [1.82, 2.24) is 10.3 Å². The van der Waals surface area contributed by atoms with E-state index in [2.05, 4.69) is 30.4 Å². The van der Waals surface area contributed by atoms with Gasteiger partial charge in [-0.3, -0.25) is 0 Å².